The Morgan fingerprint density at radius 2 is 2.04 bits per heavy atom. The predicted molar refractivity (Wildman–Crippen MR) is 95.7 cm³/mol. The van der Waals surface area contributed by atoms with Crippen LogP contribution in [0.1, 0.15) is 43.6 Å². The van der Waals surface area contributed by atoms with Gasteiger partial charge < -0.3 is 16.0 Å². The number of carbonyl (C=O) groups is 2. The predicted octanol–water partition coefficient (Wildman–Crippen LogP) is 1.63. The van der Waals surface area contributed by atoms with Crippen molar-refractivity contribution in [1.29, 1.82) is 0 Å². The van der Waals surface area contributed by atoms with Crippen LogP contribution >= 0.6 is 0 Å². The summed E-state index contributed by atoms with van der Waals surface area (Å²) in [6.07, 6.45) is 4.52. The fraction of sp³-hybridized carbons (Fsp3) is 0.600. The zero-order valence-electron chi connectivity index (χ0n) is 14.6. The van der Waals surface area contributed by atoms with Gasteiger partial charge in [0, 0.05) is 30.8 Å². The lowest BCUT2D eigenvalue weighted by Gasteiger charge is -2.21. The summed E-state index contributed by atoms with van der Waals surface area (Å²) >= 11 is 0. The first-order valence-electron chi connectivity index (χ1n) is 9.52. The van der Waals surface area contributed by atoms with Crippen molar-refractivity contribution < 1.29 is 9.59 Å². The summed E-state index contributed by atoms with van der Waals surface area (Å²) in [7, 11) is 0. The molecule has 3 N–H and O–H groups in total. The van der Waals surface area contributed by atoms with Gasteiger partial charge >= 0.3 is 0 Å². The molecule has 3 aliphatic rings. The van der Waals surface area contributed by atoms with Crippen LogP contribution in [0.5, 0.6) is 0 Å². The van der Waals surface area contributed by atoms with E-state index in [4.69, 9.17) is 5.73 Å². The maximum Gasteiger partial charge on any atom is 0.225 e. The molecule has 1 aromatic rings. The van der Waals surface area contributed by atoms with Gasteiger partial charge in [-0.3, -0.25) is 9.59 Å². The topological polar surface area (TPSA) is 75.4 Å². The molecule has 3 fully saturated rings. The van der Waals surface area contributed by atoms with E-state index >= 15 is 0 Å². The normalized spacial score (nSPS) is 34.4. The molecule has 5 heteroatoms. The van der Waals surface area contributed by atoms with Crippen LogP contribution in [-0.4, -0.2) is 41.9 Å². The standard InChI is InChI=1S/C20H27N3O2/c21-11-14-7-4-8-16(14)20(25)22-15-9-19(24)23(12-15)18-10-17(18)13-5-2-1-3-6-13/h1-3,5-6,14-18H,4,7-12,21H2,(H,22,25)/t14-,15?,16-,17?,18?/m1/s1. The van der Waals surface area contributed by atoms with E-state index in [0.29, 0.717) is 37.4 Å². The number of amides is 2. The summed E-state index contributed by atoms with van der Waals surface area (Å²) in [5.41, 5.74) is 7.10. The lowest BCUT2D eigenvalue weighted by Crippen LogP contribution is -2.42. The SMILES string of the molecule is NC[C@H]1CCC[C@H]1C(=O)NC1CC(=O)N(C2CC2c2ccccc2)C1. The molecule has 4 rings (SSSR count). The second kappa shape index (κ2) is 6.79. The first-order valence-corrected chi connectivity index (χ1v) is 9.52. The van der Waals surface area contributed by atoms with Gasteiger partial charge in [-0.25, -0.2) is 0 Å². The molecule has 2 aliphatic carbocycles. The summed E-state index contributed by atoms with van der Waals surface area (Å²) < 4.78 is 0. The summed E-state index contributed by atoms with van der Waals surface area (Å²) in [6.45, 7) is 1.23. The van der Waals surface area contributed by atoms with Crippen LogP contribution in [0.25, 0.3) is 0 Å². The van der Waals surface area contributed by atoms with E-state index in [2.05, 4.69) is 29.6 Å². The van der Waals surface area contributed by atoms with Crippen molar-refractivity contribution in [1.82, 2.24) is 10.2 Å². The number of nitrogens with two attached hydrogens (primary N) is 1. The third-order valence-electron chi connectivity index (χ3n) is 6.19. The lowest BCUT2D eigenvalue weighted by atomic mass is 9.95. The van der Waals surface area contributed by atoms with Crippen molar-refractivity contribution >= 4 is 11.8 Å². The number of hydrogen-bond donors (Lipinski definition) is 2. The Morgan fingerprint density at radius 3 is 2.80 bits per heavy atom. The molecule has 1 saturated heterocycles. The first kappa shape index (κ1) is 16.6. The largest absolute Gasteiger partial charge is 0.351 e. The van der Waals surface area contributed by atoms with E-state index in [9.17, 15) is 9.59 Å². The molecule has 1 heterocycles. The molecule has 25 heavy (non-hydrogen) atoms. The molecule has 1 aliphatic heterocycles. The third kappa shape index (κ3) is 3.30. The number of hydrogen-bond acceptors (Lipinski definition) is 3. The molecular formula is C20H27N3O2. The number of rotatable bonds is 5. The van der Waals surface area contributed by atoms with Gasteiger partial charge in [-0.2, -0.15) is 0 Å². The van der Waals surface area contributed by atoms with Crippen LogP contribution in [0.15, 0.2) is 30.3 Å². The molecule has 5 nitrogen and oxygen atoms in total. The number of nitrogens with zero attached hydrogens (tertiary/aromatic N) is 1. The summed E-state index contributed by atoms with van der Waals surface area (Å²) in [4.78, 5) is 27.0. The molecule has 0 spiro atoms. The van der Waals surface area contributed by atoms with Crippen molar-refractivity contribution in [2.24, 2.45) is 17.6 Å². The van der Waals surface area contributed by atoms with Gasteiger partial charge in [0.2, 0.25) is 11.8 Å². The zero-order valence-corrected chi connectivity index (χ0v) is 14.6. The minimum Gasteiger partial charge on any atom is -0.351 e. The Balaban J connectivity index is 1.33. The van der Waals surface area contributed by atoms with E-state index in [-0.39, 0.29) is 23.8 Å². The number of nitrogens with one attached hydrogen (secondary N) is 1. The fourth-order valence-corrected chi connectivity index (χ4v) is 4.71. The Hall–Kier alpha value is -1.88. The Labute approximate surface area is 148 Å². The molecule has 1 aromatic carbocycles. The molecule has 0 bridgehead atoms. The fourth-order valence-electron chi connectivity index (χ4n) is 4.71. The Morgan fingerprint density at radius 1 is 1.24 bits per heavy atom. The van der Waals surface area contributed by atoms with Crippen molar-refractivity contribution in [2.45, 2.75) is 50.1 Å². The number of likely N-dealkylation sites (tertiary alicyclic amines) is 1. The monoisotopic (exact) mass is 341 g/mol. The zero-order chi connectivity index (χ0) is 17.4. The third-order valence-corrected chi connectivity index (χ3v) is 6.19. The highest BCUT2D eigenvalue weighted by atomic mass is 16.2. The van der Waals surface area contributed by atoms with E-state index in [1.54, 1.807) is 0 Å². The molecule has 5 atom stereocenters. The average Bonchev–Trinajstić information content (AvgIpc) is 3.11. The average molecular weight is 341 g/mol. The van der Waals surface area contributed by atoms with Crippen LogP contribution < -0.4 is 11.1 Å². The molecule has 3 unspecified atom stereocenters. The molecule has 2 saturated carbocycles. The van der Waals surface area contributed by atoms with Crippen LogP contribution in [0, 0.1) is 11.8 Å². The van der Waals surface area contributed by atoms with Crippen LogP contribution in [-0.2, 0) is 9.59 Å². The highest BCUT2D eigenvalue weighted by molar-refractivity contribution is 5.84. The van der Waals surface area contributed by atoms with E-state index in [1.807, 2.05) is 11.0 Å². The van der Waals surface area contributed by atoms with Gasteiger partial charge in [-0.05, 0) is 37.3 Å². The first-order chi connectivity index (χ1) is 12.2. The minimum atomic E-state index is -0.0453. The van der Waals surface area contributed by atoms with Gasteiger partial charge in [-0.1, -0.05) is 36.8 Å². The van der Waals surface area contributed by atoms with Gasteiger partial charge in [0.05, 0.1) is 6.04 Å². The molecule has 0 aromatic heterocycles. The quantitative estimate of drug-likeness (QED) is 0.855. The minimum absolute atomic E-state index is 0.0344. The van der Waals surface area contributed by atoms with Crippen LogP contribution in [0.2, 0.25) is 0 Å². The van der Waals surface area contributed by atoms with Gasteiger partial charge in [-0.15, -0.1) is 0 Å². The van der Waals surface area contributed by atoms with Gasteiger partial charge in [0.1, 0.15) is 0 Å². The summed E-state index contributed by atoms with van der Waals surface area (Å²) in [5, 5.41) is 3.13. The number of carbonyl (C=O) groups excluding carboxylic acids is 2. The molecule has 0 radical (unpaired) electrons. The van der Waals surface area contributed by atoms with Crippen molar-refractivity contribution in [2.75, 3.05) is 13.1 Å². The second-order valence-electron chi connectivity index (χ2n) is 7.81. The Bertz CT molecular complexity index is 648. The summed E-state index contributed by atoms with van der Waals surface area (Å²) in [5.74, 6) is 1.07. The summed E-state index contributed by atoms with van der Waals surface area (Å²) in [6, 6.07) is 10.7. The highest BCUT2D eigenvalue weighted by Gasteiger charge is 2.48. The van der Waals surface area contributed by atoms with E-state index < -0.39 is 0 Å². The van der Waals surface area contributed by atoms with E-state index in [1.165, 1.54) is 5.56 Å². The van der Waals surface area contributed by atoms with Crippen molar-refractivity contribution in [3.05, 3.63) is 35.9 Å². The maximum atomic E-state index is 12.6. The lowest BCUT2D eigenvalue weighted by molar-refractivity contribution is -0.128. The van der Waals surface area contributed by atoms with Gasteiger partial charge in [0.25, 0.3) is 0 Å². The van der Waals surface area contributed by atoms with E-state index in [0.717, 1.165) is 25.7 Å². The maximum absolute atomic E-state index is 12.6. The van der Waals surface area contributed by atoms with Crippen molar-refractivity contribution in [3.8, 4) is 0 Å². The Kier molecular flexibility index (Phi) is 4.50. The van der Waals surface area contributed by atoms with Crippen LogP contribution in [0.4, 0.5) is 0 Å². The second-order valence-corrected chi connectivity index (χ2v) is 7.81. The smallest absolute Gasteiger partial charge is 0.225 e. The van der Waals surface area contributed by atoms with Gasteiger partial charge in [0.15, 0.2) is 0 Å². The van der Waals surface area contributed by atoms with Crippen LogP contribution in [0.3, 0.4) is 0 Å². The molecule has 2 amide bonds. The number of benzene rings is 1. The highest BCUT2D eigenvalue weighted by Crippen LogP contribution is 2.46. The van der Waals surface area contributed by atoms with Crippen molar-refractivity contribution in [3.63, 3.8) is 0 Å². The molecule has 134 valence electrons. The molecular weight excluding hydrogens is 314 g/mol.